The van der Waals surface area contributed by atoms with Gasteiger partial charge in [-0.2, -0.15) is 5.10 Å². The molecule has 0 spiro atoms. The standard InChI is InChI=1S/C14H23N5O2/c1-12(20)17-13-5-2-8-18(11-13)14(21)15-6-3-9-19-10-4-7-16-19/h4,7,10,13H,2-3,5-6,8-9,11H2,1H3,(H,15,21)(H,17,20). The molecule has 21 heavy (non-hydrogen) atoms. The molecule has 2 rings (SSSR count). The molecule has 1 unspecified atom stereocenters. The van der Waals surface area contributed by atoms with Gasteiger partial charge in [0.25, 0.3) is 0 Å². The third kappa shape index (κ3) is 5.09. The van der Waals surface area contributed by atoms with Crippen LogP contribution < -0.4 is 10.6 Å². The van der Waals surface area contributed by atoms with Crippen LogP contribution in [0.2, 0.25) is 0 Å². The maximum absolute atomic E-state index is 12.1. The van der Waals surface area contributed by atoms with Gasteiger partial charge in [0.1, 0.15) is 0 Å². The summed E-state index contributed by atoms with van der Waals surface area (Å²) < 4.78 is 1.85. The van der Waals surface area contributed by atoms with Gasteiger partial charge >= 0.3 is 6.03 Å². The molecule has 1 atom stereocenters. The highest BCUT2D eigenvalue weighted by Crippen LogP contribution is 2.10. The minimum Gasteiger partial charge on any atom is -0.352 e. The number of rotatable bonds is 5. The molecular weight excluding hydrogens is 270 g/mol. The SMILES string of the molecule is CC(=O)NC1CCCN(C(=O)NCCCn2cccn2)C1. The molecule has 0 aromatic carbocycles. The molecule has 1 aromatic rings. The number of amides is 3. The van der Waals surface area contributed by atoms with Gasteiger partial charge in [-0.25, -0.2) is 4.79 Å². The Hall–Kier alpha value is -2.05. The Kier molecular flexibility index (Phi) is 5.59. The number of likely N-dealkylation sites (tertiary alicyclic amines) is 1. The van der Waals surface area contributed by atoms with Crippen molar-refractivity contribution in [1.82, 2.24) is 25.3 Å². The van der Waals surface area contributed by atoms with E-state index in [1.54, 1.807) is 11.1 Å². The van der Waals surface area contributed by atoms with Crippen molar-refractivity contribution in [3.63, 3.8) is 0 Å². The van der Waals surface area contributed by atoms with E-state index in [9.17, 15) is 9.59 Å². The first-order valence-electron chi connectivity index (χ1n) is 7.42. The van der Waals surface area contributed by atoms with Crippen molar-refractivity contribution in [2.24, 2.45) is 0 Å². The Morgan fingerprint density at radius 2 is 2.29 bits per heavy atom. The number of urea groups is 1. The zero-order valence-corrected chi connectivity index (χ0v) is 12.4. The highest BCUT2D eigenvalue weighted by atomic mass is 16.2. The second kappa shape index (κ2) is 7.66. The fourth-order valence-corrected chi connectivity index (χ4v) is 2.55. The van der Waals surface area contributed by atoms with Crippen LogP contribution in [0, 0.1) is 0 Å². The van der Waals surface area contributed by atoms with E-state index in [1.165, 1.54) is 6.92 Å². The summed E-state index contributed by atoms with van der Waals surface area (Å²) in [6.45, 7) is 4.27. The maximum Gasteiger partial charge on any atom is 0.317 e. The van der Waals surface area contributed by atoms with Crippen LogP contribution in [0.25, 0.3) is 0 Å². The molecule has 0 bridgehead atoms. The van der Waals surface area contributed by atoms with Crippen molar-refractivity contribution in [3.05, 3.63) is 18.5 Å². The number of carbonyl (C=O) groups is 2. The molecule has 7 nitrogen and oxygen atoms in total. The van der Waals surface area contributed by atoms with Crippen molar-refractivity contribution >= 4 is 11.9 Å². The fourth-order valence-electron chi connectivity index (χ4n) is 2.55. The Balaban J connectivity index is 1.66. The van der Waals surface area contributed by atoms with E-state index in [0.29, 0.717) is 13.1 Å². The highest BCUT2D eigenvalue weighted by Gasteiger charge is 2.23. The molecule has 1 aliphatic heterocycles. The summed E-state index contributed by atoms with van der Waals surface area (Å²) in [6, 6.07) is 1.91. The predicted octanol–water partition coefficient (Wildman–Crippen LogP) is 0.583. The van der Waals surface area contributed by atoms with Crippen LogP contribution in [-0.2, 0) is 11.3 Å². The number of nitrogens with zero attached hydrogens (tertiary/aromatic N) is 3. The molecular formula is C14H23N5O2. The lowest BCUT2D eigenvalue weighted by Crippen LogP contribution is -2.52. The quantitative estimate of drug-likeness (QED) is 0.780. The lowest BCUT2D eigenvalue weighted by atomic mass is 10.1. The summed E-state index contributed by atoms with van der Waals surface area (Å²) in [5.74, 6) is -0.0403. The van der Waals surface area contributed by atoms with Crippen LogP contribution in [0.4, 0.5) is 4.79 Å². The zero-order valence-electron chi connectivity index (χ0n) is 12.4. The van der Waals surface area contributed by atoms with E-state index in [1.807, 2.05) is 16.9 Å². The molecule has 2 heterocycles. The van der Waals surface area contributed by atoms with E-state index < -0.39 is 0 Å². The van der Waals surface area contributed by atoms with Crippen molar-refractivity contribution in [3.8, 4) is 0 Å². The summed E-state index contributed by atoms with van der Waals surface area (Å²) in [4.78, 5) is 24.9. The van der Waals surface area contributed by atoms with E-state index in [2.05, 4.69) is 15.7 Å². The molecule has 7 heteroatoms. The van der Waals surface area contributed by atoms with E-state index in [-0.39, 0.29) is 18.0 Å². The zero-order chi connectivity index (χ0) is 15.1. The predicted molar refractivity (Wildman–Crippen MR) is 78.7 cm³/mol. The van der Waals surface area contributed by atoms with Crippen LogP contribution in [0.1, 0.15) is 26.2 Å². The summed E-state index contributed by atoms with van der Waals surface area (Å²) in [5.41, 5.74) is 0. The van der Waals surface area contributed by atoms with Gasteiger partial charge in [0.05, 0.1) is 0 Å². The number of aromatic nitrogens is 2. The van der Waals surface area contributed by atoms with Crippen molar-refractivity contribution in [2.75, 3.05) is 19.6 Å². The first kappa shape index (κ1) is 15.3. The van der Waals surface area contributed by atoms with Gasteiger partial charge in [0, 0.05) is 51.5 Å². The maximum atomic E-state index is 12.1. The lowest BCUT2D eigenvalue weighted by Gasteiger charge is -2.33. The Bertz CT molecular complexity index is 460. The first-order chi connectivity index (χ1) is 10.1. The molecule has 1 aliphatic rings. The Morgan fingerprint density at radius 3 is 3.00 bits per heavy atom. The largest absolute Gasteiger partial charge is 0.352 e. The molecule has 116 valence electrons. The van der Waals surface area contributed by atoms with Gasteiger partial charge in [-0.05, 0) is 25.3 Å². The second-order valence-corrected chi connectivity index (χ2v) is 5.34. The molecule has 0 saturated carbocycles. The summed E-state index contributed by atoms with van der Waals surface area (Å²) in [7, 11) is 0. The molecule has 0 radical (unpaired) electrons. The number of aryl methyl sites for hydroxylation is 1. The molecule has 1 fully saturated rings. The van der Waals surface area contributed by atoms with Crippen molar-refractivity contribution < 1.29 is 9.59 Å². The second-order valence-electron chi connectivity index (χ2n) is 5.34. The topological polar surface area (TPSA) is 79.3 Å². The van der Waals surface area contributed by atoms with Gasteiger partial charge in [-0.3, -0.25) is 9.48 Å². The summed E-state index contributed by atoms with van der Waals surface area (Å²) in [5, 5.41) is 9.92. The Morgan fingerprint density at radius 1 is 1.43 bits per heavy atom. The van der Waals surface area contributed by atoms with E-state index in [4.69, 9.17) is 0 Å². The van der Waals surface area contributed by atoms with Gasteiger partial charge < -0.3 is 15.5 Å². The third-order valence-electron chi connectivity index (χ3n) is 3.52. The Labute approximate surface area is 124 Å². The van der Waals surface area contributed by atoms with Crippen LogP contribution in [-0.4, -0.2) is 52.3 Å². The molecule has 1 aromatic heterocycles. The van der Waals surface area contributed by atoms with Gasteiger partial charge in [-0.1, -0.05) is 0 Å². The minimum absolute atomic E-state index is 0.0403. The monoisotopic (exact) mass is 293 g/mol. The van der Waals surface area contributed by atoms with Crippen LogP contribution in [0.15, 0.2) is 18.5 Å². The van der Waals surface area contributed by atoms with Gasteiger partial charge in [0.2, 0.25) is 5.91 Å². The minimum atomic E-state index is -0.0504. The summed E-state index contributed by atoms with van der Waals surface area (Å²) >= 11 is 0. The van der Waals surface area contributed by atoms with E-state index >= 15 is 0 Å². The average Bonchev–Trinajstić information content (AvgIpc) is 2.96. The molecule has 2 N–H and O–H groups in total. The molecule has 0 aliphatic carbocycles. The van der Waals surface area contributed by atoms with Crippen LogP contribution in [0.3, 0.4) is 0 Å². The van der Waals surface area contributed by atoms with Crippen LogP contribution >= 0.6 is 0 Å². The number of hydrogen-bond acceptors (Lipinski definition) is 3. The first-order valence-corrected chi connectivity index (χ1v) is 7.42. The number of carbonyl (C=O) groups excluding carboxylic acids is 2. The highest BCUT2D eigenvalue weighted by molar-refractivity contribution is 5.75. The summed E-state index contributed by atoms with van der Waals surface area (Å²) in [6.07, 6.45) is 6.35. The van der Waals surface area contributed by atoms with Crippen molar-refractivity contribution in [1.29, 1.82) is 0 Å². The number of nitrogens with one attached hydrogen (secondary N) is 2. The fraction of sp³-hybridized carbons (Fsp3) is 0.643. The average molecular weight is 293 g/mol. The number of hydrogen-bond donors (Lipinski definition) is 2. The van der Waals surface area contributed by atoms with E-state index in [0.717, 1.165) is 32.4 Å². The van der Waals surface area contributed by atoms with Crippen molar-refractivity contribution in [2.45, 2.75) is 38.8 Å². The molecule has 1 saturated heterocycles. The molecule has 3 amide bonds. The normalized spacial score (nSPS) is 18.3. The third-order valence-corrected chi connectivity index (χ3v) is 3.52. The lowest BCUT2D eigenvalue weighted by molar-refractivity contribution is -0.119. The van der Waals surface area contributed by atoms with Gasteiger partial charge in [-0.15, -0.1) is 0 Å². The van der Waals surface area contributed by atoms with Crippen LogP contribution in [0.5, 0.6) is 0 Å². The number of piperidine rings is 1. The van der Waals surface area contributed by atoms with Gasteiger partial charge in [0.15, 0.2) is 0 Å². The smallest absolute Gasteiger partial charge is 0.317 e.